The maximum Gasteiger partial charge on any atom is 0.355 e. The number of rotatable bonds is 5. The van der Waals surface area contributed by atoms with Gasteiger partial charge in [0.2, 0.25) is 11.2 Å². The number of hydrogen-bond acceptors (Lipinski definition) is 7. The Bertz CT molecular complexity index is 1790. The van der Waals surface area contributed by atoms with Crippen LogP contribution in [0.15, 0.2) is 47.8 Å². The van der Waals surface area contributed by atoms with Crippen molar-refractivity contribution >= 4 is 46.0 Å². The van der Waals surface area contributed by atoms with Crippen molar-refractivity contribution in [2.75, 3.05) is 18.0 Å². The first kappa shape index (κ1) is 29.6. The van der Waals surface area contributed by atoms with Gasteiger partial charge in [-0.25, -0.2) is 28.7 Å². The van der Waals surface area contributed by atoms with E-state index in [1.165, 1.54) is 16.7 Å². The SMILES string of the molecule is C=CC(=O)N1CC(C)N(c2nc(=O)n(-c3c(C)nc(Cl)nc3C(C)C)c3nc(-c4ccccc4F)c(Cl)cc23)CC1C. The number of halogens is 3. The van der Waals surface area contributed by atoms with Crippen LogP contribution in [0.25, 0.3) is 28.0 Å². The standard InChI is InChI=1S/C30H30Cl2FN7O2/c1-7-23(41)38-13-17(5)39(14-16(38)4)27-20-12-21(31)25(19-10-8-9-11-22(19)33)35-28(20)40(30(42)37-27)26-18(6)34-29(32)36-24(26)15(2)3/h7-12,15-17H,1,13-14H2,2-6H3. The third-order valence-electron chi connectivity index (χ3n) is 7.47. The summed E-state index contributed by atoms with van der Waals surface area (Å²) in [5, 5.41) is 0.723. The molecule has 2 unspecified atom stereocenters. The molecule has 1 amide bonds. The fourth-order valence-electron chi connectivity index (χ4n) is 5.45. The van der Waals surface area contributed by atoms with Crippen LogP contribution in [0, 0.1) is 12.7 Å². The first-order chi connectivity index (χ1) is 19.9. The molecule has 1 aliphatic rings. The minimum absolute atomic E-state index is 0.0553. The molecule has 218 valence electrons. The molecule has 1 saturated heterocycles. The molecular weight excluding hydrogens is 580 g/mol. The lowest BCUT2D eigenvalue weighted by atomic mass is 10.1. The first-order valence-corrected chi connectivity index (χ1v) is 14.3. The van der Waals surface area contributed by atoms with Crippen molar-refractivity contribution in [1.29, 1.82) is 0 Å². The number of aromatic nitrogens is 5. The zero-order chi connectivity index (χ0) is 30.5. The van der Waals surface area contributed by atoms with Gasteiger partial charge in [0.05, 0.1) is 33.2 Å². The van der Waals surface area contributed by atoms with Gasteiger partial charge in [0, 0.05) is 30.7 Å². The van der Waals surface area contributed by atoms with E-state index < -0.39 is 11.5 Å². The van der Waals surface area contributed by atoms with Gasteiger partial charge < -0.3 is 9.80 Å². The quantitative estimate of drug-likeness (QED) is 0.211. The maximum atomic E-state index is 15.0. The average molecular weight is 611 g/mol. The molecule has 1 aromatic carbocycles. The molecule has 3 aromatic heterocycles. The highest BCUT2D eigenvalue weighted by atomic mass is 35.5. The van der Waals surface area contributed by atoms with Crippen LogP contribution < -0.4 is 10.6 Å². The van der Waals surface area contributed by atoms with Crippen molar-refractivity contribution in [3.05, 3.63) is 81.0 Å². The monoisotopic (exact) mass is 609 g/mol. The van der Waals surface area contributed by atoms with Gasteiger partial charge in [-0.3, -0.25) is 4.79 Å². The van der Waals surface area contributed by atoms with Crippen molar-refractivity contribution in [2.45, 2.75) is 52.6 Å². The van der Waals surface area contributed by atoms with Gasteiger partial charge in [-0.2, -0.15) is 4.98 Å². The topological polar surface area (TPSA) is 97.1 Å². The van der Waals surface area contributed by atoms with E-state index in [-0.39, 0.29) is 51.1 Å². The summed E-state index contributed by atoms with van der Waals surface area (Å²) in [6.07, 6.45) is 1.30. The Morgan fingerprint density at radius 3 is 2.48 bits per heavy atom. The van der Waals surface area contributed by atoms with Crippen LogP contribution in [0.5, 0.6) is 0 Å². The van der Waals surface area contributed by atoms with E-state index in [1.807, 2.05) is 32.6 Å². The van der Waals surface area contributed by atoms with Gasteiger partial charge >= 0.3 is 5.69 Å². The highest BCUT2D eigenvalue weighted by molar-refractivity contribution is 6.34. The lowest BCUT2D eigenvalue weighted by Crippen LogP contribution is -2.58. The van der Waals surface area contributed by atoms with E-state index in [9.17, 15) is 14.0 Å². The predicted molar refractivity (Wildman–Crippen MR) is 163 cm³/mol. The summed E-state index contributed by atoms with van der Waals surface area (Å²) in [6, 6.07) is 7.43. The Balaban J connectivity index is 1.84. The summed E-state index contributed by atoms with van der Waals surface area (Å²) in [5.74, 6) is -0.436. The normalized spacial score (nSPS) is 17.3. The summed E-state index contributed by atoms with van der Waals surface area (Å²) in [5.41, 5.74) is 1.36. The third kappa shape index (κ3) is 5.13. The molecule has 1 aliphatic heterocycles. The molecule has 0 aliphatic carbocycles. The van der Waals surface area contributed by atoms with Crippen LogP contribution in [0.2, 0.25) is 10.3 Å². The third-order valence-corrected chi connectivity index (χ3v) is 7.93. The molecule has 9 nitrogen and oxygen atoms in total. The van der Waals surface area contributed by atoms with Crippen LogP contribution in [0.4, 0.5) is 10.2 Å². The number of amides is 1. The van der Waals surface area contributed by atoms with Crippen molar-refractivity contribution in [2.24, 2.45) is 0 Å². The summed E-state index contributed by atoms with van der Waals surface area (Å²) in [7, 11) is 0. The van der Waals surface area contributed by atoms with Gasteiger partial charge in [-0.15, -0.1) is 0 Å². The number of nitrogens with zero attached hydrogens (tertiary/aromatic N) is 7. The number of anilines is 1. The second-order valence-corrected chi connectivity index (χ2v) is 11.5. The van der Waals surface area contributed by atoms with Crippen LogP contribution in [0.3, 0.4) is 0 Å². The largest absolute Gasteiger partial charge is 0.355 e. The average Bonchev–Trinajstić information content (AvgIpc) is 2.94. The van der Waals surface area contributed by atoms with Crippen LogP contribution >= 0.6 is 23.2 Å². The van der Waals surface area contributed by atoms with Gasteiger partial charge in [0.25, 0.3) is 0 Å². The van der Waals surface area contributed by atoms with E-state index >= 15 is 0 Å². The Labute approximate surface area is 252 Å². The molecule has 0 saturated carbocycles. The number of fused-ring (bicyclic) bond motifs is 1. The number of benzene rings is 1. The summed E-state index contributed by atoms with van der Waals surface area (Å²) < 4.78 is 16.3. The first-order valence-electron chi connectivity index (χ1n) is 13.5. The lowest BCUT2D eigenvalue weighted by molar-refractivity contribution is -0.128. The zero-order valence-electron chi connectivity index (χ0n) is 23.9. The van der Waals surface area contributed by atoms with E-state index in [2.05, 4.69) is 21.5 Å². The molecule has 12 heteroatoms. The van der Waals surface area contributed by atoms with E-state index in [1.54, 1.807) is 36.1 Å². The molecule has 0 N–H and O–H groups in total. The molecule has 5 rings (SSSR count). The number of carbonyl (C=O) groups excluding carboxylic acids is 1. The fourth-order valence-corrected chi connectivity index (χ4v) is 5.92. The van der Waals surface area contributed by atoms with Gasteiger partial charge in [-0.05, 0) is 62.6 Å². The molecule has 1 fully saturated rings. The zero-order valence-corrected chi connectivity index (χ0v) is 25.4. The highest BCUT2D eigenvalue weighted by Crippen LogP contribution is 2.36. The summed E-state index contributed by atoms with van der Waals surface area (Å²) in [6.45, 7) is 13.9. The molecule has 0 bridgehead atoms. The van der Waals surface area contributed by atoms with Gasteiger partial charge in [0.15, 0.2) is 5.65 Å². The molecule has 4 heterocycles. The number of carbonyl (C=O) groups is 1. The van der Waals surface area contributed by atoms with E-state index in [0.29, 0.717) is 41.4 Å². The van der Waals surface area contributed by atoms with Crippen molar-refractivity contribution in [1.82, 2.24) is 29.4 Å². The van der Waals surface area contributed by atoms with Gasteiger partial charge in [-0.1, -0.05) is 44.2 Å². The number of aryl methyl sites for hydroxylation is 1. The van der Waals surface area contributed by atoms with E-state index in [4.69, 9.17) is 28.2 Å². The Morgan fingerprint density at radius 1 is 1.10 bits per heavy atom. The summed E-state index contributed by atoms with van der Waals surface area (Å²) in [4.78, 5) is 48.3. The minimum Gasteiger partial charge on any atom is -0.349 e. The molecule has 0 spiro atoms. The van der Waals surface area contributed by atoms with Crippen LogP contribution in [0.1, 0.15) is 45.0 Å². The van der Waals surface area contributed by atoms with Crippen LogP contribution in [-0.2, 0) is 4.79 Å². The number of hydrogen-bond donors (Lipinski definition) is 0. The second-order valence-electron chi connectivity index (χ2n) is 10.7. The predicted octanol–water partition coefficient (Wildman–Crippen LogP) is 5.73. The van der Waals surface area contributed by atoms with Crippen molar-refractivity contribution in [3.8, 4) is 16.9 Å². The van der Waals surface area contributed by atoms with E-state index in [0.717, 1.165) is 0 Å². The molecule has 0 radical (unpaired) electrons. The molecule has 2 atom stereocenters. The Hall–Kier alpha value is -3.89. The smallest absolute Gasteiger partial charge is 0.349 e. The van der Waals surface area contributed by atoms with Crippen molar-refractivity contribution < 1.29 is 9.18 Å². The van der Waals surface area contributed by atoms with Crippen molar-refractivity contribution in [3.63, 3.8) is 0 Å². The fraction of sp³-hybridized carbons (Fsp3) is 0.333. The number of pyridine rings is 1. The molecular formula is C30H30Cl2FN7O2. The number of piperazine rings is 1. The molecule has 4 aromatic rings. The Morgan fingerprint density at radius 2 is 1.81 bits per heavy atom. The highest BCUT2D eigenvalue weighted by Gasteiger charge is 2.34. The maximum absolute atomic E-state index is 15.0. The Kier molecular flexibility index (Phi) is 8.04. The van der Waals surface area contributed by atoms with Gasteiger partial charge in [0.1, 0.15) is 11.6 Å². The second kappa shape index (κ2) is 11.4. The summed E-state index contributed by atoms with van der Waals surface area (Å²) >= 11 is 13.0. The molecule has 42 heavy (non-hydrogen) atoms. The minimum atomic E-state index is -0.618. The lowest BCUT2D eigenvalue weighted by Gasteiger charge is -2.44. The van der Waals surface area contributed by atoms with Crippen LogP contribution in [-0.4, -0.2) is 60.5 Å².